The third kappa shape index (κ3) is 2.50. The molecule has 0 unspecified atom stereocenters. The zero-order chi connectivity index (χ0) is 15.0. The lowest BCUT2D eigenvalue weighted by atomic mass is 10.1. The summed E-state index contributed by atoms with van der Waals surface area (Å²) in [6, 6.07) is 10.6. The number of aryl methyl sites for hydroxylation is 1. The summed E-state index contributed by atoms with van der Waals surface area (Å²) in [6.07, 6.45) is 0. The molecule has 4 nitrogen and oxygen atoms in total. The zero-order valence-corrected chi connectivity index (χ0v) is 12.3. The monoisotopic (exact) mass is 300 g/mol. The first-order valence-electron chi connectivity index (χ1n) is 6.40. The predicted octanol–water partition coefficient (Wildman–Crippen LogP) is 3.97. The van der Waals surface area contributed by atoms with E-state index in [1.54, 1.807) is 25.3 Å². The van der Waals surface area contributed by atoms with Gasteiger partial charge in [-0.25, -0.2) is 9.97 Å². The van der Waals surface area contributed by atoms with E-state index in [1.165, 1.54) is 0 Å². The number of methoxy groups -OCH3 is 1. The number of hydrogen-bond acceptors (Lipinski definition) is 4. The molecule has 0 radical (unpaired) electrons. The Morgan fingerprint density at radius 3 is 2.67 bits per heavy atom. The van der Waals surface area contributed by atoms with Gasteiger partial charge in [-0.05, 0) is 37.3 Å². The number of benzene rings is 2. The van der Waals surface area contributed by atoms with Gasteiger partial charge >= 0.3 is 0 Å². The minimum absolute atomic E-state index is 0.133. The van der Waals surface area contributed by atoms with E-state index in [9.17, 15) is 5.11 Å². The SMILES string of the molecule is COc1ccc(C)cc1-c1nc(Cl)c2cc(O)ccc2n1. The first-order valence-corrected chi connectivity index (χ1v) is 6.77. The van der Waals surface area contributed by atoms with Gasteiger partial charge in [0.15, 0.2) is 5.82 Å². The van der Waals surface area contributed by atoms with Crippen LogP contribution in [0.2, 0.25) is 5.15 Å². The molecule has 1 N–H and O–H groups in total. The van der Waals surface area contributed by atoms with Crippen LogP contribution < -0.4 is 4.74 Å². The van der Waals surface area contributed by atoms with E-state index in [2.05, 4.69) is 9.97 Å². The highest BCUT2D eigenvalue weighted by Gasteiger charge is 2.13. The maximum atomic E-state index is 9.53. The molecule has 0 spiro atoms. The molecule has 0 aliphatic carbocycles. The highest BCUT2D eigenvalue weighted by atomic mass is 35.5. The molecule has 0 saturated carbocycles. The van der Waals surface area contributed by atoms with Gasteiger partial charge in [-0.15, -0.1) is 0 Å². The highest BCUT2D eigenvalue weighted by molar-refractivity contribution is 6.34. The number of fused-ring (bicyclic) bond motifs is 1. The molecule has 5 heteroatoms. The van der Waals surface area contributed by atoms with Gasteiger partial charge in [0.2, 0.25) is 0 Å². The fourth-order valence-electron chi connectivity index (χ4n) is 2.20. The Morgan fingerprint density at radius 2 is 1.90 bits per heavy atom. The van der Waals surface area contributed by atoms with Gasteiger partial charge < -0.3 is 9.84 Å². The minimum atomic E-state index is 0.133. The van der Waals surface area contributed by atoms with E-state index >= 15 is 0 Å². The van der Waals surface area contributed by atoms with Crippen molar-refractivity contribution in [3.63, 3.8) is 0 Å². The van der Waals surface area contributed by atoms with Gasteiger partial charge in [0, 0.05) is 5.39 Å². The third-order valence-electron chi connectivity index (χ3n) is 3.23. The number of hydrogen-bond donors (Lipinski definition) is 1. The van der Waals surface area contributed by atoms with Gasteiger partial charge in [-0.1, -0.05) is 23.2 Å². The van der Waals surface area contributed by atoms with Gasteiger partial charge in [-0.3, -0.25) is 0 Å². The van der Waals surface area contributed by atoms with Gasteiger partial charge in [-0.2, -0.15) is 0 Å². The first kappa shape index (κ1) is 13.6. The van der Waals surface area contributed by atoms with E-state index in [-0.39, 0.29) is 5.75 Å². The topological polar surface area (TPSA) is 55.2 Å². The molecule has 0 aliphatic heterocycles. The Balaban J connectivity index is 2.26. The van der Waals surface area contributed by atoms with Crippen molar-refractivity contribution in [1.82, 2.24) is 9.97 Å². The average molecular weight is 301 g/mol. The molecule has 0 aliphatic rings. The second-order valence-corrected chi connectivity index (χ2v) is 5.10. The molecule has 0 atom stereocenters. The Bertz CT molecular complexity index is 834. The molecule has 0 saturated heterocycles. The molecule has 3 rings (SSSR count). The van der Waals surface area contributed by atoms with E-state index < -0.39 is 0 Å². The standard InChI is InChI=1S/C16H13ClN2O2/c1-9-3-6-14(21-2)12(7-9)16-18-13-5-4-10(20)8-11(13)15(17)19-16/h3-8,20H,1-2H3. The summed E-state index contributed by atoms with van der Waals surface area (Å²) in [7, 11) is 1.61. The molecule has 1 heterocycles. The molecule has 21 heavy (non-hydrogen) atoms. The summed E-state index contributed by atoms with van der Waals surface area (Å²) in [5, 5.41) is 10.4. The Kier molecular flexibility index (Phi) is 3.39. The average Bonchev–Trinajstić information content (AvgIpc) is 2.47. The smallest absolute Gasteiger partial charge is 0.165 e. The van der Waals surface area contributed by atoms with E-state index in [1.807, 2.05) is 25.1 Å². The maximum absolute atomic E-state index is 9.53. The van der Waals surface area contributed by atoms with Crippen LogP contribution in [0, 0.1) is 6.92 Å². The predicted molar refractivity (Wildman–Crippen MR) is 82.9 cm³/mol. The number of phenols is 1. The second-order valence-electron chi connectivity index (χ2n) is 4.74. The first-order chi connectivity index (χ1) is 10.1. The number of phenolic OH excluding ortho intramolecular Hbond substituents is 1. The molecule has 106 valence electrons. The Hall–Kier alpha value is -2.33. The van der Waals surface area contributed by atoms with Crippen molar-refractivity contribution in [3.05, 3.63) is 47.1 Å². The van der Waals surface area contributed by atoms with Crippen LogP contribution in [0.3, 0.4) is 0 Å². The fourth-order valence-corrected chi connectivity index (χ4v) is 2.43. The number of aromatic hydroxyl groups is 1. The van der Waals surface area contributed by atoms with Crippen LogP contribution in [0.25, 0.3) is 22.3 Å². The number of aromatic nitrogens is 2. The Morgan fingerprint density at radius 1 is 1.10 bits per heavy atom. The molecular formula is C16H13ClN2O2. The normalized spacial score (nSPS) is 10.8. The van der Waals surface area contributed by atoms with Gasteiger partial charge in [0.1, 0.15) is 16.7 Å². The Labute approximate surface area is 127 Å². The van der Waals surface area contributed by atoms with Crippen molar-refractivity contribution in [1.29, 1.82) is 0 Å². The lowest BCUT2D eigenvalue weighted by Crippen LogP contribution is -1.95. The molecule has 3 aromatic rings. The van der Waals surface area contributed by atoms with Crippen LogP contribution in [-0.4, -0.2) is 22.2 Å². The van der Waals surface area contributed by atoms with Crippen molar-refractivity contribution in [2.24, 2.45) is 0 Å². The summed E-state index contributed by atoms with van der Waals surface area (Å²) in [5.41, 5.74) is 2.54. The lowest BCUT2D eigenvalue weighted by molar-refractivity contribution is 0.416. The summed E-state index contributed by atoms with van der Waals surface area (Å²) in [6.45, 7) is 1.99. The lowest BCUT2D eigenvalue weighted by Gasteiger charge is -2.10. The van der Waals surface area contributed by atoms with Crippen LogP contribution in [0.15, 0.2) is 36.4 Å². The quantitative estimate of drug-likeness (QED) is 0.728. The van der Waals surface area contributed by atoms with E-state index in [0.29, 0.717) is 27.6 Å². The molecule has 1 aromatic heterocycles. The van der Waals surface area contributed by atoms with Crippen LogP contribution >= 0.6 is 11.6 Å². The molecule has 0 amide bonds. The van der Waals surface area contributed by atoms with E-state index in [0.717, 1.165) is 11.1 Å². The molecule has 2 aromatic carbocycles. The van der Waals surface area contributed by atoms with Crippen molar-refractivity contribution < 1.29 is 9.84 Å². The third-order valence-corrected chi connectivity index (χ3v) is 3.52. The van der Waals surface area contributed by atoms with Crippen LogP contribution in [0.5, 0.6) is 11.5 Å². The van der Waals surface area contributed by atoms with Crippen LogP contribution in [0.1, 0.15) is 5.56 Å². The summed E-state index contributed by atoms with van der Waals surface area (Å²) < 4.78 is 5.36. The molecule has 0 fully saturated rings. The van der Waals surface area contributed by atoms with Crippen molar-refractivity contribution in [2.45, 2.75) is 6.92 Å². The largest absolute Gasteiger partial charge is 0.508 e. The van der Waals surface area contributed by atoms with Crippen molar-refractivity contribution in [3.8, 4) is 22.9 Å². The fraction of sp³-hybridized carbons (Fsp3) is 0.125. The number of halogens is 1. The number of ether oxygens (including phenoxy) is 1. The second kappa shape index (κ2) is 5.22. The number of nitrogens with zero attached hydrogens (tertiary/aromatic N) is 2. The summed E-state index contributed by atoms with van der Waals surface area (Å²) in [5.74, 6) is 1.32. The van der Waals surface area contributed by atoms with Crippen LogP contribution in [-0.2, 0) is 0 Å². The minimum Gasteiger partial charge on any atom is -0.508 e. The van der Waals surface area contributed by atoms with E-state index in [4.69, 9.17) is 16.3 Å². The number of rotatable bonds is 2. The zero-order valence-electron chi connectivity index (χ0n) is 11.6. The maximum Gasteiger partial charge on any atom is 0.165 e. The van der Waals surface area contributed by atoms with Crippen molar-refractivity contribution in [2.75, 3.05) is 7.11 Å². The van der Waals surface area contributed by atoms with Gasteiger partial charge in [0.25, 0.3) is 0 Å². The van der Waals surface area contributed by atoms with Crippen LogP contribution in [0.4, 0.5) is 0 Å². The molecular weight excluding hydrogens is 288 g/mol. The summed E-state index contributed by atoms with van der Waals surface area (Å²) >= 11 is 6.22. The van der Waals surface area contributed by atoms with Gasteiger partial charge in [0.05, 0.1) is 18.2 Å². The highest BCUT2D eigenvalue weighted by Crippen LogP contribution is 2.32. The molecule has 0 bridgehead atoms. The summed E-state index contributed by atoms with van der Waals surface area (Å²) in [4.78, 5) is 8.84. The van der Waals surface area contributed by atoms with Crippen molar-refractivity contribution >= 4 is 22.5 Å².